The van der Waals surface area contributed by atoms with Crippen molar-refractivity contribution in [3.63, 3.8) is 0 Å². The van der Waals surface area contributed by atoms with Crippen LogP contribution in [-0.4, -0.2) is 39.3 Å². The SMILES string of the molecule is CCCN(CCCN(CCCN(CCC)c1c(CC)cccc1CC)c1ccccc1CC)c1ccccc1CC. The number of aryl methyl sites for hydroxylation is 4. The zero-order valence-electron chi connectivity index (χ0n) is 27.1. The molecule has 0 aliphatic rings. The first-order valence-electron chi connectivity index (χ1n) is 16.6. The highest BCUT2D eigenvalue weighted by atomic mass is 15.2. The van der Waals surface area contributed by atoms with Gasteiger partial charge in [0.15, 0.2) is 0 Å². The van der Waals surface area contributed by atoms with Crippen molar-refractivity contribution in [2.45, 2.75) is 92.9 Å². The summed E-state index contributed by atoms with van der Waals surface area (Å²) in [6, 6.07) is 25.0. The lowest BCUT2D eigenvalue weighted by Crippen LogP contribution is -2.34. The van der Waals surface area contributed by atoms with E-state index in [1.54, 1.807) is 0 Å². The van der Waals surface area contributed by atoms with Gasteiger partial charge in [0.05, 0.1) is 0 Å². The van der Waals surface area contributed by atoms with Gasteiger partial charge in [-0.2, -0.15) is 0 Å². The summed E-state index contributed by atoms with van der Waals surface area (Å²) in [7, 11) is 0. The Morgan fingerprint density at radius 1 is 0.390 bits per heavy atom. The van der Waals surface area contributed by atoms with Gasteiger partial charge in [-0.1, -0.05) is 96.1 Å². The van der Waals surface area contributed by atoms with E-state index in [2.05, 4.69) is 123 Å². The van der Waals surface area contributed by atoms with Crippen molar-refractivity contribution >= 4 is 17.1 Å². The highest BCUT2D eigenvalue weighted by Crippen LogP contribution is 2.28. The zero-order chi connectivity index (χ0) is 29.5. The Balaban J connectivity index is 1.76. The van der Waals surface area contributed by atoms with Crippen LogP contribution >= 0.6 is 0 Å². The van der Waals surface area contributed by atoms with Gasteiger partial charge >= 0.3 is 0 Å². The summed E-state index contributed by atoms with van der Waals surface area (Å²) in [6.45, 7) is 20.4. The topological polar surface area (TPSA) is 9.72 Å². The van der Waals surface area contributed by atoms with E-state index in [0.717, 1.165) is 77.8 Å². The number of hydrogen-bond donors (Lipinski definition) is 0. The molecule has 0 saturated heterocycles. The molecule has 0 aliphatic heterocycles. The molecule has 0 N–H and O–H groups in total. The van der Waals surface area contributed by atoms with E-state index in [0.29, 0.717) is 0 Å². The first-order chi connectivity index (χ1) is 20.1. The van der Waals surface area contributed by atoms with E-state index in [1.165, 1.54) is 52.2 Å². The second-order valence-corrected chi connectivity index (χ2v) is 11.3. The van der Waals surface area contributed by atoms with Crippen LogP contribution in [0.5, 0.6) is 0 Å². The van der Waals surface area contributed by atoms with Crippen molar-refractivity contribution in [3.8, 4) is 0 Å². The molecule has 3 aromatic rings. The monoisotopic (exact) mass is 555 g/mol. The molecular formula is C38H57N3. The third-order valence-electron chi connectivity index (χ3n) is 8.41. The second-order valence-electron chi connectivity index (χ2n) is 11.3. The van der Waals surface area contributed by atoms with E-state index in [1.807, 2.05) is 0 Å². The van der Waals surface area contributed by atoms with Crippen molar-refractivity contribution in [2.24, 2.45) is 0 Å². The molecule has 0 atom stereocenters. The molecule has 0 fully saturated rings. The molecule has 3 heteroatoms. The zero-order valence-corrected chi connectivity index (χ0v) is 27.1. The van der Waals surface area contributed by atoms with E-state index < -0.39 is 0 Å². The Morgan fingerprint density at radius 3 is 1.20 bits per heavy atom. The minimum absolute atomic E-state index is 1.07. The molecule has 0 spiro atoms. The number of anilines is 3. The standard InChI is InChI=1S/C38H57N3/c1-7-26-39(36-24-15-13-20-32(36)9-3)28-18-29-40(37-25-16-14-21-33(37)10-4)30-19-31-41(27-8-2)38-34(11-5)22-17-23-35(38)12-6/h13-17,20-25H,7-12,18-19,26-31H2,1-6H3. The maximum atomic E-state index is 2.69. The summed E-state index contributed by atoms with van der Waals surface area (Å²) in [5.74, 6) is 0. The molecule has 0 radical (unpaired) electrons. The average molecular weight is 556 g/mol. The van der Waals surface area contributed by atoms with Crippen LogP contribution < -0.4 is 14.7 Å². The average Bonchev–Trinajstić information content (AvgIpc) is 3.02. The van der Waals surface area contributed by atoms with Gasteiger partial charge in [0.1, 0.15) is 0 Å². The van der Waals surface area contributed by atoms with Crippen molar-refractivity contribution < 1.29 is 0 Å². The molecule has 3 aromatic carbocycles. The second kappa shape index (κ2) is 17.8. The molecule has 0 amide bonds. The van der Waals surface area contributed by atoms with Gasteiger partial charge in [-0.3, -0.25) is 0 Å². The summed E-state index contributed by atoms with van der Waals surface area (Å²) in [5.41, 5.74) is 10.3. The largest absolute Gasteiger partial charge is 0.371 e. The van der Waals surface area contributed by atoms with Crippen LogP contribution in [0, 0.1) is 0 Å². The Bertz CT molecular complexity index is 1130. The number of rotatable bonds is 19. The fourth-order valence-corrected chi connectivity index (χ4v) is 6.34. The first-order valence-corrected chi connectivity index (χ1v) is 16.6. The number of benzene rings is 3. The van der Waals surface area contributed by atoms with Crippen LogP contribution in [0.15, 0.2) is 66.7 Å². The van der Waals surface area contributed by atoms with Gasteiger partial charge < -0.3 is 14.7 Å². The molecular weight excluding hydrogens is 498 g/mol. The minimum atomic E-state index is 1.07. The van der Waals surface area contributed by atoms with Crippen LogP contribution in [0.3, 0.4) is 0 Å². The van der Waals surface area contributed by atoms with Gasteiger partial charge in [0.2, 0.25) is 0 Å². The van der Waals surface area contributed by atoms with E-state index >= 15 is 0 Å². The summed E-state index contributed by atoms with van der Waals surface area (Å²) >= 11 is 0. The lowest BCUT2D eigenvalue weighted by Gasteiger charge is -2.33. The fourth-order valence-electron chi connectivity index (χ4n) is 6.34. The maximum Gasteiger partial charge on any atom is 0.0431 e. The smallest absolute Gasteiger partial charge is 0.0431 e. The summed E-state index contributed by atoms with van der Waals surface area (Å²) in [5, 5.41) is 0. The van der Waals surface area contributed by atoms with Crippen LogP contribution in [0.25, 0.3) is 0 Å². The van der Waals surface area contributed by atoms with Crippen molar-refractivity contribution in [2.75, 3.05) is 54.0 Å². The van der Waals surface area contributed by atoms with Crippen molar-refractivity contribution in [1.82, 2.24) is 0 Å². The van der Waals surface area contributed by atoms with E-state index in [9.17, 15) is 0 Å². The van der Waals surface area contributed by atoms with Crippen LogP contribution in [-0.2, 0) is 25.7 Å². The number of nitrogens with zero attached hydrogens (tertiary/aromatic N) is 3. The van der Waals surface area contributed by atoms with Crippen molar-refractivity contribution in [3.05, 3.63) is 89.0 Å². The molecule has 0 unspecified atom stereocenters. The third-order valence-corrected chi connectivity index (χ3v) is 8.41. The molecule has 0 bridgehead atoms. The van der Waals surface area contributed by atoms with Crippen LogP contribution in [0.1, 0.15) is 89.5 Å². The lowest BCUT2D eigenvalue weighted by molar-refractivity contribution is 0.648. The van der Waals surface area contributed by atoms with Gasteiger partial charge in [-0.05, 0) is 85.8 Å². The highest BCUT2D eigenvalue weighted by Gasteiger charge is 2.17. The summed E-state index contributed by atoms with van der Waals surface area (Å²) in [4.78, 5) is 8.00. The summed E-state index contributed by atoms with van der Waals surface area (Å²) < 4.78 is 0. The predicted octanol–water partition coefficient (Wildman–Crippen LogP) is 9.36. The van der Waals surface area contributed by atoms with Gasteiger partial charge in [-0.15, -0.1) is 0 Å². The van der Waals surface area contributed by atoms with Gasteiger partial charge in [0.25, 0.3) is 0 Å². The van der Waals surface area contributed by atoms with Gasteiger partial charge in [-0.25, -0.2) is 0 Å². The molecule has 3 rings (SSSR count). The Labute approximate surface area is 252 Å². The number of para-hydroxylation sites is 3. The lowest BCUT2D eigenvalue weighted by atomic mass is 10.0. The van der Waals surface area contributed by atoms with E-state index in [4.69, 9.17) is 0 Å². The molecule has 0 heterocycles. The Hall–Kier alpha value is -2.94. The quantitative estimate of drug-likeness (QED) is 0.146. The van der Waals surface area contributed by atoms with Gasteiger partial charge in [0, 0.05) is 56.3 Å². The molecule has 3 nitrogen and oxygen atoms in total. The summed E-state index contributed by atoms with van der Waals surface area (Å²) in [6.07, 6.45) is 9.02. The molecule has 41 heavy (non-hydrogen) atoms. The highest BCUT2D eigenvalue weighted by molar-refractivity contribution is 5.60. The van der Waals surface area contributed by atoms with Crippen LogP contribution in [0.2, 0.25) is 0 Å². The Morgan fingerprint density at radius 2 is 0.756 bits per heavy atom. The molecule has 0 saturated carbocycles. The van der Waals surface area contributed by atoms with Crippen molar-refractivity contribution in [1.29, 1.82) is 0 Å². The third kappa shape index (κ3) is 9.02. The normalized spacial score (nSPS) is 11.1. The maximum absolute atomic E-state index is 2.69. The van der Waals surface area contributed by atoms with E-state index in [-0.39, 0.29) is 0 Å². The minimum Gasteiger partial charge on any atom is -0.371 e. The fraction of sp³-hybridized carbons (Fsp3) is 0.526. The number of hydrogen-bond acceptors (Lipinski definition) is 3. The molecule has 0 aromatic heterocycles. The first kappa shape index (κ1) is 32.6. The molecule has 0 aliphatic carbocycles. The van der Waals surface area contributed by atoms with Crippen LogP contribution in [0.4, 0.5) is 17.1 Å². The Kier molecular flexibility index (Phi) is 14.1. The predicted molar refractivity (Wildman–Crippen MR) is 183 cm³/mol. The molecule has 224 valence electrons.